The van der Waals surface area contributed by atoms with E-state index in [0.29, 0.717) is 6.42 Å². The van der Waals surface area contributed by atoms with E-state index < -0.39 is 10.8 Å². The van der Waals surface area contributed by atoms with Crippen molar-refractivity contribution in [2.75, 3.05) is 0 Å². The molecule has 1 rings (SSSR count). The molecule has 1 atom stereocenters. The number of hydrogen-bond acceptors (Lipinski definition) is 4. The molecule has 0 heterocycles. The van der Waals surface area contributed by atoms with Gasteiger partial charge in [-0.15, -0.1) is 0 Å². The number of rotatable bonds is 5. The first kappa shape index (κ1) is 16.1. The Balaban J connectivity index is 2.54. The lowest BCUT2D eigenvalue weighted by atomic mass is 10.2. The van der Waals surface area contributed by atoms with Crippen molar-refractivity contribution in [3.8, 4) is 0 Å². The van der Waals surface area contributed by atoms with Crippen LogP contribution in [-0.2, 0) is 4.79 Å². The lowest BCUT2D eigenvalue weighted by molar-refractivity contribution is -0.384. The average molecular weight is 344 g/mol. The summed E-state index contributed by atoms with van der Waals surface area (Å²) in [6.07, 6.45) is 1.48. The molecule has 0 spiro atoms. The molecular weight excluding hydrogens is 330 g/mol. The van der Waals surface area contributed by atoms with Gasteiger partial charge >= 0.3 is 0 Å². The number of nitro groups is 1. The number of benzene rings is 1. The van der Waals surface area contributed by atoms with Gasteiger partial charge in [0.05, 0.1) is 9.75 Å². The van der Waals surface area contributed by atoms with Crippen LogP contribution < -0.4 is 10.9 Å². The summed E-state index contributed by atoms with van der Waals surface area (Å²) >= 11 is 3.20. The highest BCUT2D eigenvalue weighted by Gasteiger charge is 2.15. The van der Waals surface area contributed by atoms with Crippen molar-refractivity contribution in [1.82, 2.24) is 10.9 Å². The number of halogens is 1. The first-order chi connectivity index (χ1) is 9.45. The third-order valence-corrected chi connectivity index (χ3v) is 3.34. The zero-order valence-electron chi connectivity index (χ0n) is 10.8. The van der Waals surface area contributed by atoms with Crippen LogP contribution in [0.3, 0.4) is 0 Å². The molecule has 7 nitrogen and oxygen atoms in total. The first-order valence-corrected chi connectivity index (χ1v) is 6.86. The van der Waals surface area contributed by atoms with Gasteiger partial charge < -0.3 is 0 Å². The van der Waals surface area contributed by atoms with Crippen LogP contribution in [0, 0.1) is 10.1 Å². The minimum Gasteiger partial charge on any atom is -0.272 e. The zero-order chi connectivity index (χ0) is 15.1. The molecule has 20 heavy (non-hydrogen) atoms. The van der Waals surface area contributed by atoms with Gasteiger partial charge in [-0.3, -0.25) is 30.6 Å². The van der Waals surface area contributed by atoms with E-state index in [9.17, 15) is 19.7 Å². The number of amides is 2. The molecule has 0 aromatic heterocycles. The summed E-state index contributed by atoms with van der Waals surface area (Å²) in [6.45, 7) is 1.94. The number of nitrogens with one attached hydrogen (secondary N) is 2. The average Bonchev–Trinajstić information content (AvgIpc) is 2.44. The van der Waals surface area contributed by atoms with E-state index in [2.05, 4.69) is 26.8 Å². The van der Waals surface area contributed by atoms with Gasteiger partial charge in [-0.2, -0.15) is 0 Å². The predicted octanol–water partition coefficient (Wildman–Crippen LogP) is 1.92. The molecule has 2 amide bonds. The Morgan fingerprint density at radius 2 is 1.90 bits per heavy atom. The van der Waals surface area contributed by atoms with Crippen LogP contribution in [-0.4, -0.2) is 21.6 Å². The lowest BCUT2D eigenvalue weighted by Gasteiger charge is -2.10. The largest absolute Gasteiger partial charge is 0.272 e. The molecule has 0 saturated carbocycles. The summed E-state index contributed by atoms with van der Waals surface area (Å²) < 4.78 is 0. The molecule has 0 unspecified atom stereocenters. The van der Waals surface area contributed by atoms with Crippen LogP contribution in [0.15, 0.2) is 24.3 Å². The Morgan fingerprint density at radius 1 is 1.30 bits per heavy atom. The predicted molar refractivity (Wildman–Crippen MR) is 76.3 cm³/mol. The van der Waals surface area contributed by atoms with E-state index >= 15 is 0 Å². The fourth-order valence-corrected chi connectivity index (χ4v) is 1.96. The van der Waals surface area contributed by atoms with Crippen LogP contribution in [0.2, 0.25) is 0 Å². The fraction of sp³-hybridized carbons (Fsp3) is 0.333. The first-order valence-electron chi connectivity index (χ1n) is 5.94. The Bertz CT molecular complexity index is 504. The maximum atomic E-state index is 11.7. The van der Waals surface area contributed by atoms with Crippen LogP contribution in [0.25, 0.3) is 0 Å². The van der Waals surface area contributed by atoms with Gasteiger partial charge in [0.1, 0.15) is 0 Å². The summed E-state index contributed by atoms with van der Waals surface area (Å²) in [6, 6.07) is 5.08. The van der Waals surface area contributed by atoms with E-state index in [0.717, 1.165) is 6.42 Å². The monoisotopic (exact) mass is 343 g/mol. The highest BCUT2D eigenvalue weighted by atomic mass is 79.9. The highest BCUT2D eigenvalue weighted by molar-refractivity contribution is 9.10. The van der Waals surface area contributed by atoms with E-state index in [1.165, 1.54) is 24.3 Å². The zero-order valence-corrected chi connectivity index (χ0v) is 12.3. The quantitative estimate of drug-likeness (QED) is 0.484. The number of alkyl halides is 1. The molecule has 0 saturated heterocycles. The molecule has 2 N–H and O–H groups in total. The van der Waals surface area contributed by atoms with Crippen molar-refractivity contribution in [3.05, 3.63) is 39.9 Å². The molecule has 0 bridgehead atoms. The van der Waals surface area contributed by atoms with Crippen LogP contribution >= 0.6 is 15.9 Å². The van der Waals surface area contributed by atoms with Gasteiger partial charge in [0, 0.05) is 17.7 Å². The Labute approximate surface area is 124 Å². The minimum absolute atomic E-state index is 0.103. The van der Waals surface area contributed by atoms with Crippen molar-refractivity contribution in [1.29, 1.82) is 0 Å². The number of nitro benzene ring substituents is 1. The Morgan fingerprint density at radius 3 is 2.40 bits per heavy atom. The molecule has 0 aliphatic rings. The molecule has 0 aliphatic carbocycles. The lowest BCUT2D eigenvalue weighted by Crippen LogP contribution is -2.44. The van der Waals surface area contributed by atoms with Gasteiger partial charge in [0.15, 0.2) is 0 Å². The summed E-state index contributed by atoms with van der Waals surface area (Å²) in [5, 5.41) is 10.5. The number of nitrogens with zero attached hydrogens (tertiary/aromatic N) is 1. The third-order valence-electron chi connectivity index (χ3n) is 2.47. The van der Waals surface area contributed by atoms with E-state index in [4.69, 9.17) is 0 Å². The smallest absolute Gasteiger partial charge is 0.269 e. The molecular formula is C12H14BrN3O4. The van der Waals surface area contributed by atoms with E-state index in [1.54, 1.807) is 0 Å². The second-order valence-electron chi connectivity index (χ2n) is 4.00. The Kier molecular flexibility index (Phi) is 6.10. The van der Waals surface area contributed by atoms with Crippen molar-refractivity contribution >= 4 is 33.4 Å². The Hall–Kier alpha value is -1.96. The van der Waals surface area contributed by atoms with Crippen molar-refractivity contribution in [2.45, 2.75) is 24.6 Å². The summed E-state index contributed by atoms with van der Waals surface area (Å²) in [5.74, 6) is -0.883. The van der Waals surface area contributed by atoms with Gasteiger partial charge in [-0.1, -0.05) is 29.3 Å². The summed E-state index contributed by atoms with van der Waals surface area (Å²) in [5.41, 5.74) is 4.65. The van der Waals surface area contributed by atoms with Gasteiger partial charge in [0.25, 0.3) is 17.5 Å². The normalized spacial score (nSPS) is 11.5. The van der Waals surface area contributed by atoms with Crippen molar-refractivity contribution in [2.24, 2.45) is 0 Å². The van der Waals surface area contributed by atoms with Crippen LogP contribution in [0.4, 0.5) is 5.69 Å². The molecule has 1 aromatic carbocycles. The summed E-state index contributed by atoms with van der Waals surface area (Å²) in [7, 11) is 0. The SMILES string of the molecule is CCC[C@H](Br)C(=O)NNC(=O)c1ccc([N+](=O)[O-])cc1. The van der Waals surface area contributed by atoms with Gasteiger partial charge in [-0.05, 0) is 18.6 Å². The molecule has 0 fully saturated rings. The van der Waals surface area contributed by atoms with Crippen molar-refractivity contribution < 1.29 is 14.5 Å². The topological polar surface area (TPSA) is 101 Å². The second-order valence-corrected chi connectivity index (χ2v) is 5.11. The molecule has 0 aliphatic heterocycles. The van der Waals surface area contributed by atoms with Crippen molar-refractivity contribution in [3.63, 3.8) is 0 Å². The molecule has 1 aromatic rings. The summed E-state index contributed by atoms with van der Waals surface area (Å²) in [4.78, 5) is 32.8. The standard InChI is InChI=1S/C12H14BrN3O4/c1-2-3-10(13)12(18)15-14-11(17)8-4-6-9(7-5-8)16(19)20/h4-7,10H,2-3H2,1H3,(H,14,17)(H,15,18)/t10-/m0/s1. The maximum absolute atomic E-state index is 11.7. The molecule has 8 heteroatoms. The van der Waals surface area contributed by atoms with Crippen LogP contribution in [0.5, 0.6) is 0 Å². The maximum Gasteiger partial charge on any atom is 0.269 e. The number of non-ortho nitro benzene ring substituents is 1. The van der Waals surface area contributed by atoms with E-state index in [-0.39, 0.29) is 22.0 Å². The fourth-order valence-electron chi connectivity index (χ4n) is 1.39. The highest BCUT2D eigenvalue weighted by Crippen LogP contribution is 2.11. The van der Waals surface area contributed by atoms with Gasteiger partial charge in [0.2, 0.25) is 0 Å². The number of hydrazine groups is 1. The number of carbonyl (C=O) groups is 2. The number of carbonyl (C=O) groups excluding carboxylic acids is 2. The van der Waals surface area contributed by atoms with E-state index in [1.807, 2.05) is 6.92 Å². The molecule has 108 valence electrons. The third kappa shape index (κ3) is 4.61. The minimum atomic E-state index is -0.552. The number of hydrogen-bond donors (Lipinski definition) is 2. The molecule has 0 radical (unpaired) electrons. The van der Waals surface area contributed by atoms with Gasteiger partial charge in [-0.25, -0.2) is 0 Å². The van der Waals surface area contributed by atoms with Crippen LogP contribution in [0.1, 0.15) is 30.1 Å². The second kappa shape index (κ2) is 7.59.